The average Bonchev–Trinajstić information content (AvgIpc) is 2.68. The number of hydrogen-bond acceptors (Lipinski definition) is 3. The van der Waals surface area contributed by atoms with E-state index >= 15 is 0 Å². The fourth-order valence-electron chi connectivity index (χ4n) is 2.24. The van der Waals surface area contributed by atoms with Gasteiger partial charge < -0.3 is 10.1 Å². The molecule has 0 radical (unpaired) electrons. The van der Waals surface area contributed by atoms with Crippen molar-refractivity contribution in [3.8, 4) is 0 Å². The zero-order valence-electron chi connectivity index (χ0n) is 11.1. The molecule has 2 unspecified atom stereocenters. The van der Waals surface area contributed by atoms with Gasteiger partial charge in [-0.3, -0.25) is 4.90 Å². The van der Waals surface area contributed by atoms with Gasteiger partial charge in [-0.2, -0.15) is 13.2 Å². The first kappa shape index (κ1) is 15.7. The quantitative estimate of drug-likeness (QED) is 0.763. The van der Waals surface area contributed by atoms with Gasteiger partial charge in [0.15, 0.2) is 0 Å². The molecule has 1 aliphatic rings. The summed E-state index contributed by atoms with van der Waals surface area (Å²) in [5.41, 5.74) is 0. The van der Waals surface area contributed by atoms with E-state index in [9.17, 15) is 13.2 Å². The highest BCUT2D eigenvalue weighted by molar-refractivity contribution is 4.79. The minimum absolute atomic E-state index is 0.331. The summed E-state index contributed by atoms with van der Waals surface area (Å²) >= 11 is 0. The van der Waals surface area contributed by atoms with Crippen molar-refractivity contribution in [1.82, 2.24) is 10.2 Å². The smallest absolute Gasteiger partial charge is 0.385 e. The number of rotatable bonds is 7. The van der Waals surface area contributed by atoms with Crippen LogP contribution in [-0.4, -0.2) is 57.0 Å². The first-order chi connectivity index (χ1) is 8.40. The van der Waals surface area contributed by atoms with Gasteiger partial charge in [0.1, 0.15) is 0 Å². The number of likely N-dealkylation sites (tertiary alicyclic amines) is 1. The molecule has 2 atom stereocenters. The second kappa shape index (κ2) is 7.31. The Morgan fingerprint density at radius 1 is 1.44 bits per heavy atom. The summed E-state index contributed by atoms with van der Waals surface area (Å²) < 4.78 is 41.6. The van der Waals surface area contributed by atoms with Gasteiger partial charge in [-0.15, -0.1) is 0 Å². The van der Waals surface area contributed by atoms with Crippen LogP contribution < -0.4 is 5.32 Å². The second-order valence-electron chi connectivity index (χ2n) is 5.10. The normalized spacial score (nSPS) is 23.5. The Kier molecular flexibility index (Phi) is 6.38. The molecule has 1 saturated heterocycles. The van der Waals surface area contributed by atoms with Gasteiger partial charge in [0, 0.05) is 26.3 Å². The molecule has 0 aromatic carbocycles. The van der Waals surface area contributed by atoms with E-state index in [2.05, 4.69) is 12.2 Å². The Bertz CT molecular complexity index is 236. The Morgan fingerprint density at radius 2 is 2.17 bits per heavy atom. The molecule has 0 spiro atoms. The van der Waals surface area contributed by atoms with Crippen molar-refractivity contribution in [1.29, 1.82) is 0 Å². The molecule has 0 aromatic rings. The molecule has 0 saturated carbocycles. The summed E-state index contributed by atoms with van der Waals surface area (Å²) in [4.78, 5) is 1.49. The maximum absolute atomic E-state index is 12.2. The molecular formula is C12H23F3N2O. The number of alkyl halides is 3. The molecule has 3 nitrogen and oxygen atoms in total. The third-order valence-electron chi connectivity index (χ3n) is 3.28. The van der Waals surface area contributed by atoms with Crippen molar-refractivity contribution in [3.63, 3.8) is 0 Å². The van der Waals surface area contributed by atoms with Crippen molar-refractivity contribution < 1.29 is 17.9 Å². The van der Waals surface area contributed by atoms with Crippen LogP contribution in [0.2, 0.25) is 0 Å². The van der Waals surface area contributed by atoms with E-state index in [1.807, 2.05) is 0 Å². The molecule has 18 heavy (non-hydrogen) atoms. The maximum atomic E-state index is 12.2. The second-order valence-corrected chi connectivity index (χ2v) is 5.10. The lowest BCUT2D eigenvalue weighted by Crippen LogP contribution is -2.35. The molecule has 1 aliphatic heterocycles. The van der Waals surface area contributed by atoms with Crippen LogP contribution >= 0.6 is 0 Å². The lowest BCUT2D eigenvalue weighted by atomic mass is 10.1. The Balaban J connectivity index is 2.14. The molecule has 108 valence electrons. The maximum Gasteiger partial charge on any atom is 0.401 e. The van der Waals surface area contributed by atoms with Gasteiger partial charge in [-0.25, -0.2) is 0 Å². The van der Waals surface area contributed by atoms with Crippen molar-refractivity contribution >= 4 is 0 Å². The van der Waals surface area contributed by atoms with E-state index in [-0.39, 0.29) is 0 Å². The highest BCUT2D eigenvalue weighted by Crippen LogP contribution is 2.22. The molecule has 1 fully saturated rings. The van der Waals surface area contributed by atoms with Crippen LogP contribution in [0.4, 0.5) is 13.2 Å². The third-order valence-corrected chi connectivity index (χ3v) is 3.28. The molecule has 1 heterocycles. The minimum Gasteiger partial charge on any atom is -0.385 e. The largest absolute Gasteiger partial charge is 0.401 e. The van der Waals surface area contributed by atoms with Crippen LogP contribution in [0.15, 0.2) is 0 Å². The molecule has 0 bridgehead atoms. The van der Waals surface area contributed by atoms with Crippen LogP contribution in [0.3, 0.4) is 0 Å². The number of ether oxygens (including phenoxy) is 1. The number of methoxy groups -OCH3 is 1. The monoisotopic (exact) mass is 268 g/mol. The summed E-state index contributed by atoms with van der Waals surface area (Å²) in [5.74, 6) is 0.331. The van der Waals surface area contributed by atoms with Crippen LogP contribution in [0.1, 0.15) is 19.8 Å². The SMILES string of the molecule is COCCC(C)NCC1CCN(CC(F)(F)F)C1. The van der Waals surface area contributed by atoms with Crippen LogP contribution in [0, 0.1) is 5.92 Å². The number of nitrogens with one attached hydrogen (secondary N) is 1. The highest BCUT2D eigenvalue weighted by atomic mass is 19.4. The van der Waals surface area contributed by atoms with Crippen LogP contribution in [0.25, 0.3) is 0 Å². The van der Waals surface area contributed by atoms with Gasteiger partial charge in [0.2, 0.25) is 0 Å². The zero-order chi connectivity index (χ0) is 13.6. The van der Waals surface area contributed by atoms with E-state index in [0.29, 0.717) is 31.7 Å². The van der Waals surface area contributed by atoms with Crippen molar-refractivity contribution in [2.24, 2.45) is 5.92 Å². The number of nitrogens with zero attached hydrogens (tertiary/aromatic N) is 1. The van der Waals surface area contributed by atoms with Gasteiger partial charge in [-0.05, 0) is 38.8 Å². The molecule has 0 aromatic heterocycles. The molecule has 0 aliphatic carbocycles. The summed E-state index contributed by atoms with van der Waals surface area (Å²) in [6.45, 7) is 3.89. The highest BCUT2D eigenvalue weighted by Gasteiger charge is 2.34. The van der Waals surface area contributed by atoms with E-state index < -0.39 is 12.7 Å². The fraction of sp³-hybridized carbons (Fsp3) is 1.00. The predicted molar refractivity (Wildman–Crippen MR) is 64.6 cm³/mol. The van der Waals surface area contributed by atoms with E-state index in [0.717, 1.165) is 19.4 Å². The summed E-state index contributed by atoms with van der Waals surface area (Å²) in [7, 11) is 1.67. The zero-order valence-corrected chi connectivity index (χ0v) is 11.1. The summed E-state index contributed by atoms with van der Waals surface area (Å²) in [5, 5.41) is 3.35. The number of hydrogen-bond donors (Lipinski definition) is 1. The average molecular weight is 268 g/mol. The summed E-state index contributed by atoms with van der Waals surface area (Å²) in [6.07, 6.45) is -2.30. The number of halogens is 3. The van der Waals surface area contributed by atoms with Gasteiger partial charge >= 0.3 is 6.18 Å². The van der Waals surface area contributed by atoms with Crippen LogP contribution in [-0.2, 0) is 4.74 Å². The van der Waals surface area contributed by atoms with Gasteiger partial charge in [0.05, 0.1) is 6.54 Å². The Morgan fingerprint density at radius 3 is 2.78 bits per heavy atom. The standard InChI is InChI=1S/C12H23F3N2O/c1-10(4-6-18-2)16-7-11-3-5-17(8-11)9-12(13,14)15/h10-11,16H,3-9H2,1-2H3. The first-order valence-corrected chi connectivity index (χ1v) is 6.42. The fourth-order valence-corrected chi connectivity index (χ4v) is 2.24. The van der Waals surface area contributed by atoms with Crippen molar-refractivity contribution in [3.05, 3.63) is 0 Å². The van der Waals surface area contributed by atoms with Crippen molar-refractivity contribution in [2.75, 3.05) is 39.9 Å². The molecule has 6 heteroatoms. The Hall–Kier alpha value is -0.330. The van der Waals surface area contributed by atoms with E-state index in [1.165, 1.54) is 4.90 Å². The Labute approximate surface area is 107 Å². The molecule has 1 rings (SSSR count). The van der Waals surface area contributed by atoms with E-state index in [4.69, 9.17) is 4.74 Å². The third kappa shape index (κ3) is 6.56. The lowest BCUT2D eigenvalue weighted by Gasteiger charge is -2.19. The van der Waals surface area contributed by atoms with Gasteiger partial charge in [0.25, 0.3) is 0 Å². The van der Waals surface area contributed by atoms with Gasteiger partial charge in [-0.1, -0.05) is 0 Å². The first-order valence-electron chi connectivity index (χ1n) is 6.42. The van der Waals surface area contributed by atoms with Crippen LogP contribution in [0.5, 0.6) is 0 Å². The van der Waals surface area contributed by atoms with E-state index in [1.54, 1.807) is 7.11 Å². The molecule has 1 N–H and O–H groups in total. The molecular weight excluding hydrogens is 245 g/mol. The summed E-state index contributed by atoms with van der Waals surface area (Å²) in [6, 6.07) is 0.349. The lowest BCUT2D eigenvalue weighted by molar-refractivity contribution is -0.143. The minimum atomic E-state index is -4.08. The topological polar surface area (TPSA) is 24.5 Å². The predicted octanol–water partition coefficient (Wildman–Crippen LogP) is 1.89. The van der Waals surface area contributed by atoms with Crippen molar-refractivity contribution in [2.45, 2.75) is 32.0 Å². The molecule has 0 amide bonds.